The number of ether oxygens (including phenoxy) is 1. The van der Waals surface area contributed by atoms with Gasteiger partial charge in [0.25, 0.3) is 0 Å². The van der Waals surface area contributed by atoms with Gasteiger partial charge < -0.3 is 14.4 Å². The van der Waals surface area contributed by atoms with E-state index in [0.717, 1.165) is 6.42 Å². The minimum absolute atomic E-state index is 0.260. The second-order valence-electron chi connectivity index (χ2n) is 4.63. The van der Waals surface area contributed by atoms with Gasteiger partial charge in [0.1, 0.15) is 6.61 Å². The first-order valence-electron chi connectivity index (χ1n) is 6.70. The topological polar surface area (TPSA) is 85.5 Å². The molecule has 0 atom stereocenters. The highest BCUT2D eigenvalue weighted by Gasteiger charge is 2.37. The lowest BCUT2D eigenvalue weighted by Gasteiger charge is -2.24. The summed E-state index contributed by atoms with van der Waals surface area (Å²) in [6.07, 6.45) is 2.25. The highest BCUT2D eigenvalue weighted by molar-refractivity contribution is 5.74. The zero-order valence-corrected chi connectivity index (χ0v) is 11.8. The lowest BCUT2D eigenvalue weighted by atomic mass is 9.79. The molecule has 0 saturated carbocycles. The van der Waals surface area contributed by atoms with Crippen LogP contribution in [0.3, 0.4) is 0 Å². The second kappa shape index (κ2) is 7.23. The molecule has 1 rings (SSSR count). The lowest BCUT2D eigenvalue weighted by molar-refractivity contribution is -0.149. The molecular formula is C13H22N2O4. The third-order valence-corrected chi connectivity index (χ3v) is 3.39. The van der Waals surface area contributed by atoms with Gasteiger partial charge in [0.05, 0.1) is 5.41 Å². The summed E-state index contributed by atoms with van der Waals surface area (Å²) < 4.78 is 10.4. The van der Waals surface area contributed by atoms with Crippen LogP contribution < -0.4 is 0 Å². The minimum Gasteiger partial charge on any atom is -0.481 e. The Morgan fingerprint density at radius 3 is 2.58 bits per heavy atom. The molecule has 1 N–H and O–H groups in total. The predicted molar refractivity (Wildman–Crippen MR) is 68.6 cm³/mol. The van der Waals surface area contributed by atoms with Crippen molar-refractivity contribution in [1.29, 1.82) is 0 Å². The molecule has 0 aliphatic heterocycles. The van der Waals surface area contributed by atoms with Crippen molar-refractivity contribution in [2.75, 3.05) is 6.61 Å². The van der Waals surface area contributed by atoms with Crippen molar-refractivity contribution < 1.29 is 19.2 Å². The van der Waals surface area contributed by atoms with E-state index in [1.807, 2.05) is 20.8 Å². The zero-order valence-electron chi connectivity index (χ0n) is 11.8. The Bertz CT molecular complexity index is 399. The van der Waals surface area contributed by atoms with Crippen molar-refractivity contribution in [3.8, 4) is 0 Å². The molecule has 0 spiro atoms. The monoisotopic (exact) mass is 270 g/mol. The number of nitrogens with zero attached hydrogens (tertiary/aromatic N) is 2. The van der Waals surface area contributed by atoms with Crippen molar-refractivity contribution in [3.05, 3.63) is 11.7 Å². The Balaban J connectivity index is 2.68. The van der Waals surface area contributed by atoms with Gasteiger partial charge in [-0.25, -0.2) is 0 Å². The molecule has 0 radical (unpaired) electrons. The summed E-state index contributed by atoms with van der Waals surface area (Å²) in [7, 11) is 0. The van der Waals surface area contributed by atoms with E-state index in [0.29, 0.717) is 37.8 Å². The average Bonchev–Trinajstić information content (AvgIpc) is 2.83. The van der Waals surface area contributed by atoms with Gasteiger partial charge in [0, 0.05) is 13.0 Å². The van der Waals surface area contributed by atoms with Crippen LogP contribution in [0.25, 0.3) is 0 Å². The number of hydrogen-bond donors (Lipinski definition) is 1. The first-order valence-corrected chi connectivity index (χ1v) is 6.70. The normalized spacial score (nSPS) is 11.7. The van der Waals surface area contributed by atoms with Crippen LogP contribution in [0.4, 0.5) is 0 Å². The molecule has 108 valence electrons. The van der Waals surface area contributed by atoms with E-state index in [1.165, 1.54) is 0 Å². The standard InChI is InChI=1S/C13H22N2O4/c1-4-7-18-9-10-14-11(19-15-10)8-13(5-2,6-3)12(16)17/h4-9H2,1-3H3,(H,16,17). The SMILES string of the molecule is CCCOCc1noc(CC(CC)(CC)C(=O)O)n1. The van der Waals surface area contributed by atoms with Gasteiger partial charge in [-0.2, -0.15) is 4.98 Å². The molecule has 0 fully saturated rings. The summed E-state index contributed by atoms with van der Waals surface area (Å²) in [4.78, 5) is 15.6. The van der Waals surface area contributed by atoms with Gasteiger partial charge in [-0.3, -0.25) is 4.79 Å². The maximum absolute atomic E-state index is 11.4. The van der Waals surface area contributed by atoms with Crippen LogP contribution >= 0.6 is 0 Å². The summed E-state index contributed by atoms with van der Waals surface area (Å²) in [5, 5.41) is 13.1. The Morgan fingerprint density at radius 2 is 2.05 bits per heavy atom. The van der Waals surface area contributed by atoms with Crippen LogP contribution in [0.1, 0.15) is 51.7 Å². The number of rotatable bonds is 9. The van der Waals surface area contributed by atoms with Gasteiger partial charge in [0.2, 0.25) is 5.89 Å². The van der Waals surface area contributed by atoms with Crippen LogP contribution in [-0.4, -0.2) is 27.8 Å². The molecule has 0 aliphatic rings. The summed E-state index contributed by atoms with van der Waals surface area (Å²) >= 11 is 0. The van der Waals surface area contributed by atoms with Gasteiger partial charge >= 0.3 is 5.97 Å². The molecule has 0 saturated heterocycles. The molecule has 6 heteroatoms. The van der Waals surface area contributed by atoms with E-state index < -0.39 is 11.4 Å². The van der Waals surface area contributed by atoms with Crippen LogP contribution in [-0.2, 0) is 22.6 Å². The highest BCUT2D eigenvalue weighted by atomic mass is 16.5. The van der Waals surface area contributed by atoms with Gasteiger partial charge in [-0.15, -0.1) is 0 Å². The number of aliphatic carboxylic acids is 1. The number of carbonyl (C=O) groups is 1. The third-order valence-electron chi connectivity index (χ3n) is 3.39. The van der Waals surface area contributed by atoms with E-state index in [9.17, 15) is 9.90 Å². The maximum Gasteiger partial charge on any atom is 0.310 e. The number of aromatic nitrogens is 2. The highest BCUT2D eigenvalue weighted by Crippen LogP contribution is 2.30. The summed E-state index contributed by atoms with van der Waals surface area (Å²) in [5.41, 5.74) is -0.825. The van der Waals surface area contributed by atoms with Crippen LogP contribution in [0.5, 0.6) is 0 Å². The molecule has 0 bridgehead atoms. The van der Waals surface area contributed by atoms with Crippen molar-refractivity contribution in [2.45, 2.75) is 53.1 Å². The van der Waals surface area contributed by atoms with Gasteiger partial charge in [0.15, 0.2) is 5.82 Å². The molecule has 1 aromatic heterocycles. The first kappa shape index (κ1) is 15.6. The third kappa shape index (κ3) is 4.02. The Morgan fingerprint density at radius 1 is 1.37 bits per heavy atom. The fourth-order valence-electron chi connectivity index (χ4n) is 1.90. The van der Waals surface area contributed by atoms with Crippen molar-refractivity contribution in [2.24, 2.45) is 5.41 Å². The van der Waals surface area contributed by atoms with E-state index in [1.54, 1.807) is 0 Å². The number of hydrogen-bond acceptors (Lipinski definition) is 5. The molecule has 19 heavy (non-hydrogen) atoms. The largest absolute Gasteiger partial charge is 0.481 e. The molecule has 0 unspecified atom stereocenters. The van der Waals surface area contributed by atoms with Gasteiger partial charge in [-0.05, 0) is 19.3 Å². The maximum atomic E-state index is 11.4. The van der Waals surface area contributed by atoms with Gasteiger partial charge in [-0.1, -0.05) is 25.9 Å². The first-order chi connectivity index (χ1) is 9.07. The molecule has 1 aromatic rings. The Labute approximate surface area is 113 Å². The second-order valence-corrected chi connectivity index (χ2v) is 4.63. The number of carboxylic acid groups (broad SMARTS) is 1. The van der Waals surface area contributed by atoms with Crippen LogP contribution in [0.15, 0.2) is 4.52 Å². The molecular weight excluding hydrogens is 248 g/mol. The molecule has 1 heterocycles. The predicted octanol–water partition coefficient (Wildman–Crippen LogP) is 2.43. The molecule has 0 aromatic carbocycles. The van der Waals surface area contributed by atoms with E-state index in [-0.39, 0.29) is 6.42 Å². The Hall–Kier alpha value is -1.43. The number of carboxylic acids is 1. The smallest absolute Gasteiger partial charge is 0.310 e. The summed E-state index contributed by atoms with van der Waals surface area (Å²) in [6.45, 7) is 6.69. The minimum atomic E-state index is -0.825. The molecule has 6 nitrogen and oxygen atoms in total. The average molecular weight is 270 g/mol. The fraction of sp³-hybridized carbons (Fsp3) is 0.769. The fourth-order valence-corrected chi connectivity index (χ4v) is 1.90. The van der Waals surface area contributed by atoms with Crippen molar-refractivity contribution in [3.63, 3.8) is 0 Å². The quantitative estimate of drug-likeness (QED) is 0.694. The Kier molecular flexibility index (Phi) is 5.95. The van der Waals surface area contributed by atoms with Crippen molar-refractivity contribution >= 4 is 5.97 Å². The van der Waals surface area contributed by atoms with E-state index >= 15 is 0 Å². The zero-order chi connectivity index (χ0) is 14.3. The molecule has 0 amide bonds. The van der Waals surface area contributed by atoms with E-state index in [4.69, 9.17) is 9.26 Å². The lowest BCUT2D eigenvalue weighted by Crippen LogP contribution is -2.32. The van der Waals surface area contributed by atoms with Crippen molar-refractivity contribution in [1.82, 2.24) is 10.1 Å². The summed E-state index contributed by atoms with van der Waals surface area (Å²) in [6, 6.07) is 0. The molecule has 0 aliphatic carbocycles. The summed E-state index contributed by atoms with van der Waals surface area (Å²) in [5.74, 6) is 0.00984. The van der Waals surface area contributed by atoms with Crippen LogP contribution in [0, 0.1) is 5.41 Å². The van der Waals surface area contributed by atoms with E-state index in [2.05, 4.69) is 10.1 Å². The van der Waals surface area contributed by atoms with Crippen LogP contribution in [0.2, 0.25) is 0 Å².